The van der Waals surface area contributed by atoms with E-state index in [0.29, 0.717) is 5.84 Å². The Morgan fingerprint density at radius 2 is 1.00 bits per heavy atom. The van der Waals surface area contributed by atoms with Gasteiger partial charge in [-0.05, 0) is 68.4 Å². The zero-order chi connectivity index (χ0) is 36.0. The lowest BCUT2D eigenvalue weighted by Crippen LogP contribution is -2.35. The number of para-hydroxylation sites is 1. The Morgan fingerprint density at radius 3 is 1.74 bits per heavy atom. The van der Waals surface area contributed by atoms with Crippen molar-refractivity contribution < 1.29 is 4.42 Å². The molecule has 1 aliphatic rings. The molecule has 54 heavy (non-hydrogen) atoms. The van der Waals surface area contributed by atoms with Crippen LogP contribution in [0, 0.1) is 0 Å². The van der Waals surface area contributed by atoms with Crippen LogP contribution in [-0.4, -0.2) is 23.6 Å². The van der Waals surface area contributed by atoms with Crippen LogP contribution in [0.2, 0.25) is 0 Å². The minimum atomic E-state index is -0.375. The topological polar surface area (TPSA) is 41.1 Å². The van der Waals surface area contributed by atoms with Gasteiger partial charge in [-0.3, -0.25) is 0 Å². The number of furan rings is 1. The van der Waals surface area contributed by atoms with Gasteiger partial charge in [-0.25, -0.2) is 9.98 Å². The van der Waals surface area contributed by atoms with Crippen LogP contribution in [0.5, 0.6) is 0 Å². The minimum absolute atomic E-state index is 0.375. The number of hydrogen-bond acceptors (Lipinski definition) is 4. The Hall–Kier alpha value is -7.04. The van der Waals surface area contributed by atoms with Crippen molar-refractivity contribution in [3.8, 4) is 33.4 Å². The second-order valence-electron chi connectivity index (χ2n) is 13.9. The summed E-state index contributed by atoms with van der Waals surface area (Å²) in [5.41, 5.74) is 11.7. The molecule has 0 aliphatic carbocycles. The van der Waals surface area contributed by atoms with Crippen molar-refractivity contribution in [2.75, 3.05) is 7.05 Å². The normalized spacial score (nSPS) is 14.4. The van der Waals surface area contributed by atoms with E-state index >= 15 is 0 Å². The predicted octanol–water partition coefficient (Wildman–Crippen LogP) is 12.6. The number of fused-ring (bicyclic) bond motifs is 4. The van der Waals surface area contributed by atoms with Gasteiger partial charge >= 0.3 is 0 Å². The van der Waals surface area contributed by atoms with Gasteiger partial charge in [0.1, 0.15) is 17.0 Å². The van der Waals surface area contributed by atoms with E-state index in [4.69, 9.17) is 14.4 Å². The van der Waals surface area contributed by atoms with Gasteiger partial charge in [0.05, 0.1) is 0 Å². The standard InChI is InChI=1S/C50H35N3O/c1-53-49(39-27-24-36(25-28-39)41-29-26-34-14-8-9-17-40(34)30-41)51-48(38-15-6-3-7-16-38)52-50(53)44-31-42(32-46-47(44)43-18-10-11-19-45(43)54-46)37-22-20-35(21-23-37)33-12-4-2-5-13-33/h2-32,50H,1H3. The van der Waals surface area contributed by atoms with Crippen LogP contribution in [0.15, 0.2) is 202 Å². The maximum Gasteiger partial charge on any atom is 0.159 e. The fourth-order valence-corrected chi connectivity index (χ4v) is 7.72. The number of nitrogens with zero attached hydrogens (tertiary/aromatic N) is 3. The smallest absolute Gasteiger partial charge is 0.159 e. The average Bonchev–Trinajstić information content (AvgIpc) is 3.63. The van der Waals surface area contributed by atoms with Gasteiger partial charge in [-0.2, -0.15) is 0 Å². The highest BCUT2D eigenvalue weighted by molar-refractivity contribution is 6.14. The summed E-state index contributed by atoms with van der Waals surface area (Å²) in [6.45, 7) is 0. The van der Waals surface area contributed by atoms with E-state index in [1.807, 2.05) is 36.4 Å². The van der Waals surface area contributed by atoms with Gasteiger partial charge in [0, 0.05) is 34.5 Å². The fourth-order valence-electron chi connectivity index (χ4n) is 7.72. The highest BCUT2D eigenvalue weighted by Gasteiger charge is 2.30. The van der Waals surface area contributed by atoms with Crippen molar-refractivity contribution in [2.45, 2.75) is 6.17 Å². The second kappa shape index (κ2) is 13.2. The molecule has 4 heteroatoms. The van der Waals surface area contributed by atoms with Gasteiger partial charge in [0.2, 0.25) is 0 Å². The molecule has 0 amide bonds. The molecule has 9 aromatic rings. The van der Waals surface area contributed by atoms with Crippen molar-refractivity contribution in [2.24, 2.45) is 9.98 Å². The van der Waals surface area contributed by atoms with Crippen LogP contribution in [0.3, 0.4) is 0 Å². The summed E-state index contributed by atoms with van der Waals surface area (Å²) in [7, 11) is 2.10. The Kier molecular flexibility index (Phi) is 7.73. The molecule has 8 aromatic carbocycles. The van der Waals surface area contributed by atoms with E-state index < -0.39 is 0 Å². The first-order valence-electron chi connectivity index (χ1n) is 18.3. The molecule has 0 spiro atoms. The number of rotatable bonds is 6. The van der Waals surface area contributed by atoms with Crippen LogP contribution in [0.25, 0.3) is 66.1 Å². The van der Waals surface area contributed by atoms with E-state index in [-0.39, 0.29) is 6.17 Å². The van der Waals surface area contributed by atoms with Crippen LogP contribution in [-0.2, 0) is 0 Å². The molecule has 0 saturated heterocycles. The Balaban J connectivity index is 1.10. The average molecular weight is 694 g/mol. The minimum Gasteiger partial charge on any atom is -0.456 e. The molecule has 0 saturated carbocycles. The van der Waals surface area contributed by atoms with Gasteiger partial charge in [0.15, 0.2) is 12.0 Å². The highest BCUT2D eigenvalue weighted by Crippen LogP contribution is 2.41. The summed E-state index contributed by atoms with van der Waals surface area (Å²) in [5, 5.41) is 4.61. The zero-order valence-corrected chi connectivity index (χ0v) is 29.7. The molecular formula is C50H35N3O. The molecule has 0 N–H and O–H groups in total. The Labute approximate surface area is 314 Å². The van der Waals surface area contributed by atoms with Crippen molar-refractivity contribution in [1.29, 1.82) is 0 Å². The third-order valence-electron chi connectivity index (χ3n) is 10.5. The molecular weight excluding hydrogens is 659 g/mol. The van der Waals surface area contributed by atoms with Gasteiger partial charge < -0.3 is 9.32 Å². The highest BCUT2D eigenvalue weighted by atomic mass is 16.3. The van der Waals surface area contributed by atoms with E-state index in [2.05, 4.69) is 164 Å². The first-order valence-corrected chi connectivity index (χ1v) is 18.3. The lowest BCUT2D eigenvalue weighted by atomic mass is 9.95. The third kappa shape index (κ3) is 5.65. The molecule has 2 heterocycles. The Morgan fingerprint density at radius 1 is 0.444 bits per heavy atom. The van der Waals surface area contributed by atoms with Crippen molar-refractivity contribution in [3.05, 3.63) is 205 Å². The molecule has 0 bridgehead atoms. The lowest BCUT2D eigenvalue weighted by Gasteiger charge is -2.33. The fraction of sp³-hybridized carbons (Fsp3) is 0.0400. The number of amidine groups is 2. The lowest BCUT2D eigenvalue weighted by molar-refractivity contribution is 0.385. The van der Waals surface area contributed by atoms with E-state index in [9.17, 15) is 0 Å². The molecule has 0 radical (unpaired) electrons. The van der Waals surface area contributed by atoms with Gasteiger partial charge in [-0.15, -0.1) is 0 Å². The molecule has 1 atom stereocenters. The molecule has 4 nitrogen and oxygen atoms in total. The SMILES string of the molecule is CN1C(c2ccc(-c3ccc4ccccc4c3)cc2)=NC(c2ccccc2)=NC1c1cc(-c2ccc(-c3ccccc3)cc2)cc2oc3ccccc3c12. The van der Waals surface area contributed by atoms with Crippen LogP contribution >= 0.6 is 0 Å². The van der Waals surface area contributed by atoms with Gasteiger partial charge in [-0.1, -0.05) is 164 Å². The number of benzene rings is 8. The third-order valence-corrected chi connectivity index (χ3v) is 10.5. The summed E-state index contributed by atoms with van der Waals surface area (Å²) in [5.74, 6) is 1.56. The number of hydrogen-bond donors (Lipinski definition) is 0. The molecule has 256 valence electrons. The van der Waals surface area contributed by atoms with Crippen molar-refractivity contribution in [1.82, 2.24) is 4.90 Å². The predicted molar refractivity (Wildman–Crippen MR) is 224 cm³/mol. The van der Waals surface area contributed by atoms with Crippen molar-refractivity contribution >= 4 is 44.4 Å². The van der Waals surface area contributed by atoms with Crippen LogP contribution in [0.4, 0.5) is 0 Å². The second-order valence-corrected chi connectivity index (χ2v) is 13.9. The molecule has 10 rings (SSSR count). The monoisotopic (exact) mass is 693 g/mol. The van der Waals surface area contributed by atoms with E-state index in [1.165, 1.54) is 27.5 Å². The first-order chi connectivity index (χ1) is 26.7. The van der Waals surface area contributed by atoms with Crippen LogP contribution < -0.4 is 0 Å². The maximum atomic E-state index is 6.58. The summed E-state index contributed by atoms with van der Waals surface area (Å²) in [6.07, 6.45) is -0.375. The summed E-state index contributed by atoms with van der Waals surface area (Å²) < 4.78 is 6.58. The largest absolute Gasteiger partial charge is 0.456 e. The quantitative estimate of drug-likeness (QED) is 0.174. The van der Waals surface area contributed by atoms with Gasteiger partial charge in [0.25, 0.3) is 0 Å². The first kappa shape index (κ1) is 31.7. The summed E-state index contributed by atoms with van der Waals surface area (Å²) in [4.78, 5) is 12.9. The maximum absolute atomic E-state index is 6.58. The van der Waals surface area contributed by atoms with Crippen LogP contribution in [0.1, 0.15) is 22.9 Å². The van der Waals surface area contributed by atoms with Crippen molar-refractivity contribution in [3.63, 3.8) is 0 Å². The van der Waals surface area contributed by atoms with E-state index in [1.54, 1.807) is 0 Å². The number of aliphatic imine (C=N–C) groups is 2. The Bertz CT molecular complexity index is 2870. The summed E-state index contributed by atoms with van der Waals surface area (Å²) >= 11 is 0. The molecule has 0 fully saturated rings. The van der Waals surface area contributed by atoms with E-state index in [0.717, 1.165) is 61.2 Å². The molecule has 1 aliphatic heterocycles. The molecule has 1 unspecified atom stereocenters. The summed E-state index contributed by atoms with van der Waals surface area (Å²) in [6, 6.07) is 66.2. The molecule has 1 aromatic heterocycles. The zero-order valence-electron chi connectivity index (χ0n) is 29.7.